The number of ether oxygens (including phenoxy) is 1. The van der Waals surface area contributed by atoms with E-state index in [0.717, 1.165) is 18.1 Å². The van der Waals surface area contributed by atoms with Gasteiger partial charge in [-0.2, -0.15) is 0 Å². The molecule has 2 N–H and O–H groups in total. The van der Waals surface area contributed by atoms with Crippen molar-refractivity contribution in [2.75, 3.05) is 12.3 Å². The summed E-state index contributed by atoms with van der Waals surface area (Å²) in [5.74, 6) is 0.789. The molecule has 1 aromatic rings. The molecule has 0 heterocycles. The number of allylic oxidation sites excluding steroid dienone is 1. The number of para-hydroxylation sites is 1. The highest BCUT2D eigenvalue weighted by Crippen LogP contribution is 1.95. The molecule has 1 aromatic carbocycles. The second-order valence-corrected chi connectivity index (χ2v) is 2.55. The second-order valence-electron chi connectivity index (χ2n) is 2.55. The van der Waals surface area contributed by atoms with Gasteiger partial charge in [-0.3, -0.25) is 0 Å². The van der Waals surface area contributed by atoms with Crippen LogP contribution in [0, 0.1) is 0 Å². The maximum Gasteiger partial charge on any atom is 0.0857 e. The van der Waals surface area contributed by atoms with Crippen molar-refractivity contribution in [3.05, 3.63) is 42.7 Å². The third-order valence-electron chi connectivity index (χ3n) is 1.19. The number of anilines is 1. The maximum atomic E-state index is 5.36. The van der Waals surface area contributed by atoms with Gasteiger partial charge in [0.15, 0.2) is 0 Å². The van der Waals surface area contributed by atoms with Gasteiger partial charge in [-0.1, -0.05) is 52.5 Å². The lowest BCUT2D eigenvalue weighted by atomic mass is 10.3. The first-order valence-electron chi connectivity index (χ1n) is 6.25. The van der Waals surface area contributed by atoms with Crippen LogP contribution in [0.4, 0.5) is 5.69 Å². The average molecular weight is 239 g/mol. The predicted octanol–water partition coefficient (Wildman–Crippen LogP) is 4.88. The van der Waals surface area contributed by atoms with Gasteiger partial charge in [0.1, 0.15) is 0 Å². The first-order chi connectivity index (χ1) is 8.16. The third-order valence-corrected chi connectivity index (χ3v) is 1.19. The molecule has 2 heteroatoms. The Morgan fingerprint density at radius 1 is 1.12 bits per heavy atom. The quantitative estimate of drug-likeness (QED) is 0.590. The molecule has 0 amide bonds. The summed E-state index contributed by atoms with van der Waals surface area (Å²) in [5.41, 5.74) is 6.18. The summed E-state index contributed by atoms with van der Waals surface area (Å²) in [5, 5.41) is 0. The van der Waals surface area contributed by atoms with Crippen LogP contribution in [0.25, 0.3) is 0 Å². The smallest absolute Gasteiger partial charge is 0.0857 e. The van der Waals surface area contributed by atoms with Crippen molar-refractivity contribution in [2.45, 2.75) is 41.5 Å². The predicted molar refractivity (Wildman–Crippen MR) is 80.0 cm³/mol. The molecule has 0 bridgehead atoms. The van der Waals surface area contributed by atoms with Gasteiger partial charge in [0.05, 0.1) is 12.4 Å². The van der Waals surface area contributed by atoms with Crippen LogP contribution in [0.15, 0.2) is 42.7 Å². The zero-order valence-corrected chi connectivity index (χ0v) is 12.3. The summed E-state index contributed by atoms with van der Waals surface area (Å²) < 4.78 is 4.85. The lowest BCUT2D eigenvalue weighted by Gasteiger charge is -1.95. The largest absolute Gasteiger partial charge is 0.499 e. The molecule has 0 aliphatic rings. The molecule has 1 rings (SSSR count). The van der Waals surface area contributed by atoms with E-state index < -0.39 is 0 Å². The lowest BCUT2D eigenvalue weighted by Crippen LogP contribution is -1.81. The van der Waals surface area contributed by atoms with E-state index in [-0.39, 0.29) is 0 Å². The summed E-state index contributed by atoms with van der Waals surface area (Å²) >= 11 is 0. The van der Waals surface area contributed by atoms with Crippen molar-refractivity contribution < 1.29 is 4.74 Å². The minimum absolute atomic E-state index is 0.731. The monoisotopic (exact) mass is 239 g/mol. The topological polar surface area (TPSA) is 35.2 Å². The molecule has 0 saturated heterocycles. The minimum atomic E-state index is 0.731. The second kappa shape index (κ2) is 20.0. The van der Waals surface area contributed by atoms with Crippen LogP contribution in [0.5, 0.6) is 0 Å². The van der Waals surface area contributed by atoms with Gasteiger partial charge < -0.3 is 10.5 Å². The number of hydrogen-bond donors (Lipinski definition) is 1. The standard InChI is InChI=1S/C6H7N.C5H10O.2C2H6/c7-6-4-2-1-3-5-6;1-4-6-5(2)3;2*1-2/h1-5H,7H2;2,4H2,1,3H3;2*1-2H3. The molecular formula is C15H29NO. The third kappa shape index (κ3) is 25.1. The van der Waals surface area contributed by atoms with Gasteiger partial charge in [-0.25, -0.2) is 0 Å². The van der Waals surface area contributed by atoms with Crippen LogP contribution >= 0.6 is 0 Å². The molecule has 0 unspecified atom stereocenters. The fourth-order valence-corrected chi connectivity index (χ4v) is 0.699. The molecular weight excluding hydrogens is 210 g/mol. The van der Waals surface area contributed by atoms with E-state index in [2.05, 4.69) is 6.58 Å². The molecule has 0 atom stereocenters. The Labute approximate surface area is 107 Å². The van der Waals surface area contributed by atoms with Crippen molar-refractivity contribution >= 4 is 5.69 Å². The van der Waals surface area contributed by atoms with Gasteiger partial charge in [0.25, 0.3) is 0 Å². The Bertz CT molecular complexity index is 232. The molecule has 100 valence electrons. The highest BCUT2D eigenvalue weighted by molar-refractivity contribution is 5.35. The number of nitrogens with two attached hydrogens (primary N) is 1. The highest BCUT2D eigenvalue weighted by atomic mass is 16.5. The Morgan fingerprint density at radius 2 is 1.53 bits per heavy atom. The van der Waals surface area contributed by atoms with E-state index in [4.69, 9.17) is 10.5 Å². The van der Waals surface area contributed by atoms with Gasteiger partial charge >= 0.3 is 0 Å². The molecule has 0 fully saturated rings. The first kappa shape index (κ1) is 20.9. The normalized spacial score (nSPS) is 6.94. The van der Waals surface area contributed by atoms with Crippen LogP contribution < -0.4 is 5.73 Å². The summed E-state index contributed by atoms with van der Waals surface area (Å²) in [6, 6.07) is 9.49. The zero-order valence-electron chi connectivity index (χ0n) is 12.3. The van der Waals surface area contributed by atoms with Crippen molar-refractivity contribution in [1.82, 2.24) is 0 Å². The van der Waals surface area contributed by atoms with E-state index in [1.165, 1.54) is 0 Å². The van der Waals surface area contributed by atoms with E-state index in [1.54, 1.807) is 0 Å². The molecule has 0 saturated carbocycles. The van der Waals surface area contributed by atoms with E-state index in [9.17, 15) is 0 Å². The lowest BCUT2D eigenvalue weighted by molar-refractivity contribution is 0.233. The molecule has 2 nitrogen and oxygen atoms in total. The average Bonchev–Trinajstić information content (AvgIpc) is 2.36. The number of nitrogen functional groups attached to an aromatic ring is 1. The summed E-state index contributed by atoms with van der Waals surface area (Å²) in [6.45, 7) is 16.0. The van der Waals surface area contributed by atoms with Crippen LogP contribution in [0.3, 0.4) is 0 Å². The number of rotatable bonds is 2. The van der Waals surface area contributed by atoms with Crippen LogP contribution in [0.1, 0.15) is 41.5 Å². The fourth-order valence-electron chi connectivity index (χ4n) is 0.699. The van der Waals surface area contributed by atoms with Crippen molar-refractivity contribution in [1.29, 1.82) is 0 Å². The van der Waals surface area contributed by atoms with E-state index in [1.807, 2.05) is 71.9 Å². The first-order valence-corrected chi connectivity index (χ1v) is 6.25. The number of benzene rings is 1. The van der Waals surface area contributed by atoms with Gasteiger partial charge in [-0.05, 0) is 26.0 Å². The number of hydrogen-bond acceptors (Lipinski definition) is 2. The molecule has 0 radical (unpaired) electrons. The Balaban J connectivity index is -0.000000180. The summed E-state index contributed by atoms with van der Waals surface area (Å²) in [7, 11) is 0. The highest BCUT2D eigenvalue weighted by Gasteiger charge is 1.73. The van der Waals surface area contributed by atoms with Crippen molar-refractivity contribution in [3.8, 4) is 0 Å². The Hall–Kier alpha value is -1.44. The summed E-state index contributed by atoms with van der Waals surface area (Å²) in [6.07, 6.45) is 0. The maximum absolute atomic E-state index is 5.36. The van der Waals surface area contributed by atoms with Gasteiger partial charge in [0, 0.05) is 5.69 Å². The molecule has 0 aliphatic carbocycles. The van der Waals surface area contributed by atoms with Crippen molar-refractivity contribution in [2.24, 2.45) is 0 Å². The minimum Gasteiger partial charge on any atom is -0.499 e. The SMILES string of the molecule is C=C(C)OCC.CC.CC.Nc1ccccc1. The van der Waals surface area contributed by atoms with Crippen molar-refractivity contribution in [3.63, 3.8) is 0 Å². The molecule has 0 spiro atoms. The zero-order chi connectivity index (χ0) is 14.1. The fraction of sp³-hybridized carbons (Fsp3) is 0.467. The summed E-state index contributed by atoms with van der Waals surface area (Å²) in [4.78, 5) is 0. The molecule has 17 heavy (non-hydrogen) atoms. The van der Waals surface area contributed by atoms with Gasteiger partial charge in [-0.15, -0.1) is 0 Å². The van der Waals surface area contributed by atoms with E-state index >= 15 is 0 Å². The Kier molecular flexibility index (Phi) is 24.6. The van der Waals surface area contributed by atoms with Crippen LogP contribution in [-0.2, 0) is 4.74 Å². The van der Waals surface area contributed by atoms with Gasteiger partial charge in [0.2, 0.25) is 0 Å². The van der Waals surface area contributed by atoms with E-state index in [0.29, 0.717) is 0 Å². The van der Waals surface area contributed by atoms with Crippen LogP contribution in [-0.4, -0.2) is 6.61 Å². The van der Waals surface area contributed by atoms with Crippen LogP contribution in [0.2, 0.25) is 0 Å². The Morgan fingerprint density at radius 3 is 1.65 bits per heavy atom. The molecule has 0 aromatic heterocycles. The molecule has 0 aliphatic heterocycles.